The van der Waals surface area contributed by atoms with E-state index < -0.39 is 11.6 Å². The number of carbonyl (C=O) groups excluding carboxylic acids is 1. The van der Waals surface area contributed by atoms with Crippen LogP contribution in [0, 0.1) is 18.6 Å². The van der Waals surface area contributed by atoms with Crippen LogP contribution in [0.25, 0.3) is 0 Å². The minimum atomic E-state index is -0.883. The molecule has 0 aliphatic carbocycles. The Morgan fingerprint density at radius 2 is 1.81 bits per heavy atom. The Hall–Kier alpha value is -1.92. The predicted molar refractivity (Wildman–Crippen MR) is 107 cm³/mol. The third-order valence-electron chi connectivity index (χ3n) is 4.70. The molecule has 0 saturated carbocycles. The molecule has 0 aromatic heterocycles. The monoisotopic (exact) mass is 390 g/mol. The summed E-state index contributed by atoms with van der Waals surface area (Å²) >= 11 is 2.00. The molecule has 1 aliphatic heterocycles. The summed E-state index contributed by atoms with van der Waals surface area (Å²) in [6.45, 7) is 5.16. The number of aryl methyl sites for hydroxylation is 2. The van der Waals surface area contributed by atoms with Crippen LogP contribution in [-0.2, 0) is 17.8 Å². The average molecular weight is 390 g/mol. The van der Waals surface area contributed by atoms with E-state index in [1.807, 2.05) is 24.8 Å². The number of carbonyl (C=O) groups is 1. The second-order valence-corrected chi connectivity index (χ2v) is 8.06. The number of benzene rings is 2. The van der Waals surface area contributed by atoms with Crippen molar-refractivity contribution in [2.75, 3.05) is 29.9 Å². The zero-order chi connectivity index (χ0) is 19.2. The van der Waals surface area contributed by atoms with Crippen LogP contribution in [0.2, 0.25) is 0 Å². The summed E-state index contributed by atoms with van der Waals surface area (Å²) in [6, 6.07) is 9.85. The van der Waals surface area contributed by atoms with E-state index in [1.165, 1.54) is 23.1 Å². The summed E-state index contributed by atoms with van der Waals surface area (Å²) < 4.78 is 26.2. The Morgan fingerprint density at radius 3 is 2.52 bits per heavy atom. The fourth-order valence-electron chi connectivity index (χ4n) is 3.15. The van der Waals surface area contributed by atoms with Gasteiger partial charge >= 0.3 is 0 Å². The van der Waals surface area contributed by atoms with Gasteiger partial charge in [0.05, 0.1) is 0 Å². The molecule has 1 amide bonds. The Bertz CT molecular complexity index is 807. The van der Waals surface area contributed by atoms with E-state index in [2.05, 4.69) is 22.3 Å². The first-order valence-corrected chi connectivity index (χ1v) is 10.3. The third-order valence-corrected chi connectivity index (χ3v) is 5.64. The van der Waals surface area contributed by atoms with Gasteiger partial charge < -0.3 is 5.32 Å². The van der Waals surface area contributed by atoms with Crippen LogP contribution in [0.4, 0.5) is 14.5 Å². The van der Waals surface area contributed by atoms with E-state index in [4.69, 9.17) is 0 Å². The first-order chi connectivity index (χ1) is 13.0. The first-order valence-electron chi connectivity index (χ1n) is 9.14. The highest BCUT2D eigenvalue weighted by molar-refractivity contribution is 7.99. The molecule has 1 heterocycles. The van der Waals surface area contributed by atoms with Crippen molar-refractivity contribution in [3.63, 3.8) is 0 Å². The third kappa shape index (κ3) is 5.78. The molecule has 27 heavy (non-hydrogen) atoms. The van der Waals surface area contributed by atoms with Crippen LogP contribution in [-0.4, -0.2) is 35.4 Å². The van der Waals surface area contributed by atoms with Crippen LogP contribution in [0.1, 0.15) is 23.1 Å². The predicted octanol–water partition coefficient (Wildman–Crippen LogP) is 4.39. The molecule has 0 unspecified atom stereocenters. The van der Waals surface area contributed by atoms with Gasteiger partial charge in [-0.25, -0.2) is 8.78 Å². The molecule has 2 aromatic carbocycles. The summed E-state index contributed by atoms with van der Waals surface area (Å²) in [4.78, 5) is 14.7. The smallest absolute Gasteiger partial charge is 0.224 e. The van der Waals surface area contributed by atoms with E-state index >= 15 is 0 Å². The maximum atomic E-state index is 13.2. The van der Waals surface area contributed by atoms with E-state index in [0.29, 0.717) is 12.0 Å². The lowest BCUT2D eigenvalue weighted by atomic mass is 10.1. The number of rotatable bonds is 6. The largest absolute Gasteiger partial charge is 0.326 e. The summed E-state index contributed by atoms with van der Waals surface area (Å²) in [5.41, 5.74) is 3.68. The lowest BCUT2D eigenvalue weighted by molar-refractivity contribution is -0.116. The number of hydrogen-bond donors (Lipinski definition) is 1. The van der Waals surface area contributed by atoms with Crippen molar-refractivity contribution < 1.29 is 13.6 Å². The fraction of sp³-hybridized carbons (Fsp3) is 0.381. The SMILES string of the molecule is Cc1cc(CN2CCSCC2)ccc1NC(=O)CCc1ccc(F)c(F)c1. The summed E-state index contributed by atoms with van der Waals surface area (Å²) in [5.74, 6) is 0.480. The van der Waals surface area contributed by atoms with Crippen molar-refractivity contribution in [3.05, 3.63) is 64.7 Å². The van der Waals surface area contributed by atoms with Gasteiger partial charge in [0.1, 0.15) is 0 Å². The average Bonchev–Trinajstić information content (AvgIpc) is 2.66. The molecule has 1 aliphatic rings. The van der Waals surface area contributed by atoms with Crippen molar-refractivity contribution in [1.29, 1.82) is 0 Å². The number of amides is 1. The Kier molecular flexibility index (Phi) is 6.85. The number of nitrogens with one attached hydrogen (secondary N) is 1. The minimum Gasteiger partial charge on any atom is -0.326 e. The van der Waals surface area contributed by atoms with Gasteiger partial charge in [-0.15, -0.1) is 0 Å². The molecular formula is C21H24F2N2OS. The molecule has 2 aromatic rings. The Morgan fingerprint density at radius 1 is 1.07 bits per heavy atom. The van der Waals surface area contributed by atoms with Crippen molar-refractivity contribution in [3.8, 4) is 0 Å². The van der Waals surface area contributed by atoms with Gasteiger partial charge in [0, 0.05) is 43.2 Å². The Labute approximate surface area is 163 Å². The number of hydrogen-bond acceptors (Lipinski definition) is 3. The van der Waals surface area contributed by atoms with Crippen molar-refractivity contribution in [2.45, 2.75) is 26.3 Å². The quantitative estimate of drug-likeness (QED) is 0.794. The van der Waals surface area contributed by atoms with Crippen LogP contribution < -0.4 is 5.32 Å². The van der Waals surface area contributed by atoms with E-state index in [0.717, 1.165) is 43.0 Å². The van der Waals surface area contributed by atoms with Crippen LogP contribution in [0.5, 0.6) is 0 Å². The molecule has 1 N–H and O–H groups in total. The van der Waals surface area contributed by atoms with Gasteiger partial charge in [0.2, 0.25) is 5.91 Å². The molecule has 0 bridgehead atoms. The molecule has 0 spiro atoms. The van der Waals surface area contributed by atoms with E-state index in [9.17, 15) is 13.6 Å². The summed E-state index contributed by atoms with van der Waals surface area (Å²) in [6.07, 6.45) is 0.588. The fourth-order valence-corrected chi connectivity index (χ4v) is 4.13. The zero-order valence-electron chi connectivity index (χ0n) is 15.4. The molecule has 144 valence electrons. The van der Waals surface area contributed by atoms with Gasteiger partial charge in [0.15, 0.2) is 11.6 Å². The van der Waals surface area contributed by atoms with Gasteiger partial charge in [0.25, 0.3) is 0 Å². The normalized spacial score (nSPS) is 14.9. The highest BCUT2D eigenvalue weighted by Crippen LogP contribution is 2.20. The van der Waals surface area contributed by atoms with Crippen LogP contribution in [0.3, 0.4) is 0 Å². The molecular weight excluding hydrogens is 366 g/mol. The Balaban J connectivity index is 1.53. The highest BCUT2D eigenvalue weighted by Gasteiger charge is 2.12. The molecule has 1 saturated heterocycles. The van der Waals surface area contributed by atoms with Crippen LogP contribution >= 0.6 is 11.8 Å². The molecule has 3 nitrogen and oxygen atoms in total. The van der Waals surface area contributed by atoms with Gasteiger partial charge in [-0.2, -0.15) is 11.8 Å². The van der Waals surface area contributed by atoms with E-state index in [-0.39, 0.29) is 12.3 Å². The molecule has 1 fully saturated rings. The maximum absolute atomic E-state index is 13.2. The number of halogens is 2. The molecule has 0 atom stereocenters. The second-order valence-electron chi connectivity index (χ2n) is 6.83. The van der Waals surface area contributed by atoms with E-state index in [1.54, 1.807) is 0 Å². The molecule has 6 heteroatoms. The van der Waals surface area contributed by atoms with Gasteiger partial charge in [-0.05, 0) is 48.2 Å². The lowest BCUT2D eigenvalue weighted by Crippen LogP contribution is -2.31. The van der Waals surface area contributed by atoms with Gasteiger partial charge in [-0.3, -0.25) is 9.69 Å². The topological polar surface area (TPSA) is 32.3 Å². The second kappa shape index (κ2) is 9.33. The van der Waals surface area contributed by atoms with Crippen molar-refractivity contribution in [1.82, 2.24) is 4.90 Å². The molecule has 0 radical (unpaired) electrons. The lowest BCUT2D eigenvalue weighted by Gasteiger charge is -2.26. The van der Waals surface area contributed by atoms with Gasteiger partial charge in [-0.1, -0.05) is 18.2 Å². The maximum Gasteiger partial charge on any atom is 0.224 e. The standard InChI is InChI=1S/C21H24F2N2OS/c1-15-12-17(14-25-8-10-27-11-9-25)3-6-20(15)24-21(26)7-4-16-2-5-18(22)19(23)13-16/h2-3,5-6,12-13H,4,7-11,14H2,1H3,(H,24,26). The van der Waals surface area contributed by atoms with Crippen LogP contribution in [0.15, 0.2) is 36.4 Å². The zero-order valence-corrected chi connectivity index (χ0v) is 16.2. The summed E-state index contributed by atoms with van der Waals surface area (Å²) in [7, 11) is 0. The summed E-state index contributed by atoms with van der Waals surface area (Å²) in [5, 5.41) is 2.91. The number of anilines is 1. The number of thioether (sulfide) groups is 1. The first kappa shape index (κ1) is 19.8. The highest BCUT2D eigenvalue weighted by atomic mass is 32.2. The van der Waals surface area contributed by atoms with Crippen molar-refractivity contribution >= 4 is 23.4 Å². The number of nitrogens with zero attached hydrogens (tertiary/aromatic N) is 1. The molecule has 3 rings (SSSR count). The van der Waals surface area contributed by atoms with Crippen molar-refractivity contribution in [2.24, 2.45) is 0 Å². The minimum absolute atomic E-state index is 0.136.